The topological polar surface area (TPSA) is 50.1 Å². The third kappa shape index (κ3) is 3.32. The zero-order chi connectivity index (χ0) is 13.8. The summed E-state index contributed by atoms with van der Waals surface area (Å²) >= 11 is 2.20. The predicted molar refractivity (Wildman–Crippen MR) is 80.4 cm³/mol. The Kier molecular flexibility index (Phi) is 4.17. The van der Waals surface area contributed by atoms with Crippen LogP contribution in [0.2, 0.25) is 0 Å². The van der Waals surface area contributed by atoms with Gasteiger partial charge in [0, 0.05) is 3.57 Å². The predicted octanol–water partition coefficient (Wildman–Crippen LogP) is 4.16. The lowest BCUT2D eigenvalue weighted by molar-refractivity contribution is 0.101. The van der Waals surface area contributed by atoms with Crippen LogP contribution in [0.1, 0.15) is 22.8 Å². The summed E-state index contributed by atoms with van der Waals surface area (Å²) in [5, 5.41) is 8.90. The summed E-state index contributed by atoms with van der Waals surface area (Å²) in [5.74, 6) is 0.954. The third-order valence-electron chi connectivity index (χ3n) is 2.53. The molecular formula is C15H10INO2. The van der Waals surface area contributed by atoms with Crippen LogP contribution < -0.4 is 4.74 Å². The van der Waals surface area contributed by atoms with E-state index >= 15 is 0 Å². The summed E-state index contributed by atoms with van der Waals surface area (Å²) in [5.41, 5.74) is 0.933. The number of nitriles is 1. The molecule has 0 aliphatic heterocycles. The number of carbonyl (C=O) groups is 1. The van der Waals surface area contributed by atoms with Gasteiger partial charge >= 0.3 is 0 Å². The number of Topliss-reactive ketones (excluding diaryl/α,β-unsaturated/α-hetero) is 1. The molecule has 0 N–H and O–H groups in total. The largest absolute Gasteiger partial charge is 0.457 e. The first-order valence-corrected chi connectivity index (χ1v) is 6.66. The Morgan fingerprint density at radius 3 is 2.47 bits per heavy atom. The fraction of sp³-hybridized carbons (Fsp3) is 0.0667. The summed E-state index contributed by atoms with van der Waals surface area (Å²) in [7, 11) is 0. The third-order valence-corrected chi connectivity index (χ3v) is 3.25. The lowest BCUT2D eigenvalue weighted by Gasteiger charge is -2.09. The van der Waals surface area contributed by atoms with Gasteiger partial charge in [-0.1, -0.05) is 0 Å². The molecule has 0 spiro atoms. The van der Waals surface area contributed by atoms with Crippen molar-refractivity contribution in [2.45, 2.75) is 6.92 Å². The van der Waals surface area contributed by atoms with Gasteiger partial charge in [0.15, 0.2) is 5.78 Å². The second-order valence-electron chi connectivity index (χ2n) is 3.93. The van der Waals surface area contributed by atoms with E-state index in [-0.39, 0.29) is 5.78 Å². The molecule has 0 heterocycles. The fourth-order valence-electron chi connectivity index (χ4n) is 1.60. The molecule has 0 saturated carbocycles. The molecule has 19 heavy (non-hydrogen) atoms. The molecule has 4 heteroatoms. The minimum atomic E-state index is -0.0926. The summed E-state index contributed by atoms with van der Waals surface area (Å²) in [6, 6.07) is 14.3. The van der Waals surface area contributed by atoms with Gasteiger partial charge < -0.3 is 4.74 Å². The van der Waals surface area contributed by atoms with Gasteiger partial charge in [0.05, 0.1) is 17.2 Å². The molecule has 94 valence electrons. The van der Waals surface area contributed by atoms with Crippen LogP contribution in [0.3, 0.4) is 0 Å². The van der Waals surface area contributed by atoms with Gasteiger partial charge in [-0.05, 0) is 72.0 Å². The Labute approximate surface area is 125 Å². The first kappa shape index (κ1) is 13.6. The zero-order valence-electron chi connectivity index (χ0n) is 10.2. The Morgan fingerprint density at radius 1 is 1.21 bits per heavy atom. The molecule has 0 radical (unpaired) electrons. The number of ether oxygens (including phenoxy) is 1. The molecular weight excluding hydrogens is 353 g/mol. The van der Waals surface area contributed by atoms with Crippen molar-refractivity contribution in [3.63, 3.8) is 0 Å². The van der Waals surface area contributed by atoms with Crippen LogP contribution in [0.25, 0.3) is 0 Å². The molecule has 0 aliphatic carbocycles. The highest BCUT2D eigenvalue weighted by molar-refractivity contribution is 14.1. The number of hydrogen-bond donors (Lipinski definition) is 0. The van der Waals surface area contributed by atoms with E-state index in [0.717, 1.165) is 3.57 Å². The number of rotatable bonds is 3. The molecule has 0 amide bonds. The van der Waals surface area contributed by atoms with Crippen LogP contribution in [0.5, 0.6) is 11.5 Å². The summed E-state index contributed by atoms with van der Waals surface area (Å²) in [4.78, 5) is 11.5. The van der Waals surface area contributed by atoms with Crippen molar-refractivity contribution < 1.29 is 9.53 Å². The number of benzene rings is 2. The summed E-state index contributed by atoms with van der Waals surface area (Å²) < 4.78 is 6.79. The molecule has 0 atom stereocenters. The molecule has 0 aromatic heterocycles. The van der Waals surface area contributed by atoms with Crippen LogP contribution in [-0.2, 0) is 0 Å². The molecule has 2 rings (SSSR count). The van der Waals surface area contributed by atoms with E-state index in [2.05, 4.69) is 22.6 Å². The molecule has 2 aromatic rings. The number of ketones is 1. The molecule has 0 bridgehead atoms. The Balaban J connectivity index is 2.40. The van der Waals surface area contributed by atoms with Crippen LogP contribution in [0.15, 0.2) is 42.5 Å². The maximum Gasteiger partial charge on any atom is 0.163 e. The minimum Gasteiger partial charge on any atom is -0.457 e. The highest BCUT2D eigenvalue weighted by Gasteiger charge is 2.10. The number of halogens is 1. The van der Waals surface area contributed by atoms with Crippen molar-refractivity contribution in [2.75, 3.05) is 0 Å². The SMILES string of the molecule is CC(=O)c1ccc(C#N)cc1Oc1ccc(I)cc1. The van der Waals surface area contributed by atoms with Crippen LogP contribution in [-0.4, -0.2) is 5.78 Å². The van der Waals surface area contributed by atoms with Crippen molar-refractivity contribution in [3.8, 4) is 17.6 Å². The molecule has 0 unspecified atom stereocenters. The van der Waals surface area contributed by atoms with E-state index in [4.69, 9.17) is 10.00 Å². The first-order chi connectivity index (χ1) is 9.10. The molecule has 0 fully saturated rings. The Morgan fingerprint density at radius 2 is 1.89 bits per heavy atom. The molecule has 3 nitrogen and oxygen atoms in total. The molecule has 0 saturated heterocycles. The summed E-state index contributed by atoms with van der Waals surface area (Å²) in [6.07, 6.45) is 0. The standard InChI is InChI=1S/C15H10INO2/c1-10(18)14-7-2-11(9-17)8-15(14)19-13-5-3-12(16)4-6-13/h2-8H,1H3. The van der Waals surface area contributed by atoms with Crippen molar-refractivity contribution in [3.05, 3.63) is 57.2 Å². The van der Waals surface area contributed by atoms with Crippen LogP contribution in [0.4, 0.5) is 0 Å². The zero-order valence-corrected chi connectivity index (χ0v) is 12.3. The van der Waals surface area contributed by atoms with Crippen molar-refractivity contribution in [2.24, 2.45) is 0 Å². The van der Waals surface area contributed by atoms with Crippen LogP contribution in [0, 0.1) is 14.9 Å². The van der Waals surface area contributed by atoms with E-state index < -0.39 is 0 Å². The lowest BCUT2D eigenvalue weighted by Crippen LogP contribution is -1.97. The molecule has 2 aromatic carbocycles. The van der Waals surface area contributed by atoms with E-state index in [1.807, 2.05) is 30.3 Å². The number of nitrogens with zero attached hydrogens (tertiary/aromatic N) is 1. The smallest absolute Gasteiger partial charge is 0.163 e. The second kappa shape index (κ2) is 5.85. The normalized spacial score (nSPS) is 9.74. The Bertz CT molecular complexity index is 657. The van der Waals surface area contributed by atoms with Gasteiger partial charge in [0.25, 0.3) is 0 Å². The van der Waals surface area contributed by atoms with Crippen molar-refractivity contribution >= 4 is 28.4 Å². The van der Waals surface area contributed by atoms with Gasteiger partial charge in [-0.3, -0.25) is 4.79 Å². The highest BCUT2D eigenvalue weighted by atomic mass is 127. The Hall–Kier alpha value is -1.87. The molecule has 0 aliphatic rings. The maximum absolute atomic E-state index is 11.5. The highest BCUT2D eigenvalue weighted by Crippen LogP contribution is 2.27. The first-order valence-electron chi connectivity index (χ1n) is 5.58. The van der Waals surface area contributed by atoms with E-state index in [9.17, 15) is 4.79 Å². The minimum absolute atomic E-state index is 0.0926. The average molecular weight is 363 g/mol. The van der Waals surface area contributed by atoms with Gasteiger partial charge in [-0.2, -0.15) is 5.26 Å². The van der Waals surface area contributed by atoms with Crippen molar-refractivity contribution in [1.82, 2.24) is 0 Å². The van der Waals surface area contributed by atoms with E-state index in [1.165, 1.54) is 6.92 Å². The van der Waals surface area contributed by atoms with E-state index in [0.29, 0.717) is 22.6 Å². The van der Waals surface area contributed by atoms with E-state index in [1.54, 1.807) is 18.2 Å². The van der Waals surface area contributed by atoms with Crippen molar-refractivity contribution in [1.29, 1.82) is 5.26 Å². The monoisotopic (exact) mass is 363 g/mol. The van der Waals surface area contributed by atoms with Gasteiger partial charge in [0.2, 0.25) is 0 Å². The van der Waals surface area contributed by atoms with Gasteiger partial charge in [-0.25, -0.2) is 0 Å². The quantitative estimate of drug-likeness (QED) is 0.608. The average Bonchev–Trinajstić information content (AvgIpc) is 2.41. The number of hydrogen-bond acceptors (Lipinski definition) is 3. The fourth-order valence-corrected chi connectivity index (χ4v) is 1.96. The van der Waals surface area contributed by atoms with Crippen LogP contribution >= 0.6 is 22.6 Å². The van der Waals surface area contributed by atoms with Gasteiger partial charge in [-0.15, -0.1) is 0 Å². The number of carbonyl (C=O) groups excluding carboxylic acids is 1. The lowest BCUT2D eigenvalue weighted by atomic mass is 10.1. The summed E-state index contributed by atoms with van der Waals surface area (Å²) in [6.45, 7) is 1.47. The van der Waals surface area contributed by atoms with Gasteiger partial charge in [0.1, 0.15) is 11.5 Å². The maximum atomic E-state index is 11.5. The second-order valence-corrected chi connectivity index (χ2v) is 5.18.